The molecule has 1 aromatic rings. The summed E-state index contributed by atoms with van der Waals surface area (Å²) in [5.74, 6) is -2.97. The number of nitrogens with one attached hydrogen (secondary N) is 1. The fourth-order valence-electron chi connectivity index (χ4n) is 1.07. The van der Waals surface area contributed by atoms with Crippen LogP contribution in [0.5, 0.6) is 0 Å². The van der Waals surface area contributed by atoms with E-state index in [4.69, 9.17) is 10.2 Å². The van der Waals surface area contributed by atoms with Crippen LogP contribution in [-0.4, -0.2) is 41.6 Å². The third-order valence-electron chi connectivity index (χ3n) is 1.84. The van der Waals surface area contributed by atoms with E-state index < -0.39 is 34.4 Å². The molecule has 0 fully saturated rings. The van der Waals surface area contributed by atoms with Crippen LogP contribution < -0.4 is 4.72 Å². The first-order valence-corrected chi connectivity index (χ1v) is 6.91. The van der Waals surface area contributed by atoms with Crippen LogP contribution in [0.2, 0.25) is 0 Å². The number of carboxylic acids is 2. The fraction of sp³-hybridized carbons (Fsp3) is 0.375. The Morgan fingerprint density at radius 2 is 2.11 bits per heavy atom. The van der Waals surface area contributed by atoms with Gasteiger partial charge in [-0.05, 0) is 6.92 Å². The second-order valence-electron chi connectivity index (χ2n) is 3.31. The van der Waals surface area contributed by atoms with E-state index in [1.54, 1.807) is 6.92 Å². The van der Waals surface area contributed by atoms with Crippen LogP contribution in [0, 0.1) is 6.92 Å². The van der Waals surface area contributed by atoms with Crippen molar-refractivity contribution in [2.24, 2.45) is 0 Å². The first-order chi connectivity index (χ1) is 8.22. The van der Waals surface area contributed by atoms with Gasteiger partial charge in [0.25, 0.3) is 10.0 Å². The summed E-state index contributed by atoms with van der Waals surface area (Å²) in [6, 6.07) is -1.71. The second-order valence-corrected chi connectivity index (χ2v) is 6.48. The van der Waals surface area contributed by atoms with Crippen LogP contribution in [0.15, 0.2) is 10.4 Å². The predicted molar refractivity (Wildman–Crippen MR) is 60.8 cm³/mol. The lowest BCUT2D eigenvalue weighted by Crippen LogP contribution is -2.41. The highest BCUT2D eigenvalue weighted by Gasteiger charge is 2.28. The summed E-state index contributed by atoms with van der Waals surface area (Å²) in [5, 5.41) is 17.7. The number of hydrogen-bond acceptors (Lipinski definition) is 6. The quantitative estimate of drug-likeness (QED) is 0.653. The Balaban J connectivity index is 2.93. The van der Waals surface area contributed by atoms with E-state index in [-0.39, 0.29) is 4.21 Å². The van der Waals surface area contributed by atoms with Crippen LogP contribution in [0.3, 0.4) is 0 Å². The monoisotopic (exact) mass is 294 g/mol. The van der Waals surface area contributed by atoms with Crippen molar-refractivity contribution in [1.29, 1.82) is 0 Å². The third kappa shape index (κ3) is 3.75. The SMILES string of the molecule is Cc1ncc(S(=O)(=O)N[C@H](CC(=O)O)C(=O)O)s1. The van der Waals surface area contributed by atoms with Crippen molar-refractivity contribution >= 4 is 33.3 Å². The number of carboxylic acid groups (broad SMARTS) is 2. The van der Waals surface area contributed by atoms with Gasteiger partial charge in [-0.2, -0.15) is 4.72 Å². The van der Waals surface area contributed by atoms with Crippen molar-refractivity contribution in [3.63, 3.8) is 0 Å². The summed E-state index contributed by atoms with van der Waals surface area (Å²) < 4.78 is 25.1. The Morgan fingerprint density at radius 1 is 1.50 bits per heavy atom. The molecule has 0 radical (unpaired) electrons. The highest BCUT2D eigenvalue weighted by molar-refractivity contribution is 7.91. The summed E-state index contributed by atoms with van der Waals surface area (Å²) in [5.41, 5.74) is 0. The molecule has 1 rings (SSSR count). The molecule has 1 heterocycles. The number of aromatic nitrogens is 1. The molecule has 1 aromatic heterocycles. The van der Waals surface area contributed by atoms with Crippen molar-refractivity contribution in [1.82, 2.24) is 9.71 Å². The van der Waals surface area contributed by atoms with Crippen LogP contribution >= 0.6 is 11.3 Å². The Hall–Kier alpha value is -1.52. The summed E-state index contributed by atoms with van der Waals surface area (Å²) in [6.07, 6.45) is 0.244. The van der Waals surface area contributed by atoms with E-state index in [9.17, 15) is 18.0 Å². The minimum Gasteiger partial charge on any atom is -0.481 e. The Labute approximate surface area is 106 Å². The second kappa shape index (κ2) is 5.42. The number of nitrogens with zero attached hydrogens (tertiary/aromatic N) is 1. The number of aliphatic carboxylic acids is 2. The molecule has 100 valence electrons. The van der Waals surface area contributed by atoms with Crippen molar-refractivity contribution < 1.29 is 28.2 Å². The third-order valence-corrected chi connectivity index (χ3v) is 4.68. The lowest BCUT2D eigenvalue weighted by atomic mass is 10.2. The number of thiazole rings is 1. The maximum absolute atomic E-state index is 11.7. The van der Waals surface area contributed by atoms with E-state index in [2.05, 4.69) is 4.98 Å². The maximum Gasteiger partial charge on any atom is 0.322 e. The molecule has 0 aliphatic heterocycles. The van der Waals surface area contributed by atoms with Gasteiger partial charge in [0.05, 0.1) is 17.6 Å². The van der Waals surface area contributed by atoms with Gasteiger partial charge in [-0.1, -0.05) is 0 Å². The van der Waals surface area contributed by atoms with E-state index in [0.29, 0.717) is 5.01 Å². The fourth-order valence-corrected chi connectivity index (χ4v) is 3.38. The van der Waals surface area contributed by atoms with Crippen LogP contribution in [0.25, 0.3) is 0 Å². The first kappa shape index (κ1) is 14.5. The molecule has 10 heteroatoms. The lowest BCUT2D eigenvalue weighted by molar-refractivity contribution is -0.145. The molecule has 0 bridgehead atoms. The van der Waals surface area contributed by atoms with Crippen molar-refractivity contribution in [2.75, 3.05) is 0 Å². The Morgan fingerprint density at radius 3 is 2.50 bits per heavy atom. The number of carbonyl (C=O) groups is 2. The molecule has 0 saturated carbocycles. The molecular formula is C8H10N2O6S2. The van der Waals surface area contributed by atoms with Crippen molar-refractivity contribution in [3.8, 4) is 0 Å². The molecular weight excluding hydrogens is 284 g/mol. The number of rotatable bonds is 6. The average molecular weight is 294 g/mol. The zero-order valence-electron chi connectivity index (χ0n) is 9.15. The van der Waals surface area contributed by atoms with Crippen LogP contribution in [0.1, 0.15) is 11.4 Å². The smallest absolute Gasteiger partial charge is 0.322 e. The topological polar surface area (TPSA) is 134 Å². The molecule has 8 nitrogen and oxygen atoms in total. The number of sulfonamides is 1. The van der Waals surface area contributed by atoms with Gasteiger partial charge in [0.1, 0.15) is 6.04 Å². The summed E-state index contributed by atoms with van der Waals surface area (Å²) in [6.45, 7) is 1.59. The molecule has 0 aliphatic carbocycles. The lowest BCUT2D eigenvalue weighted by Gasteiger charge is -2.11. The molecule has 0 aliphatic rings. The summed E-state index contributed by atoms with van der Waals surface area (Å²) in [7, 11) is -4.07. The molecule has 0 amide bonds. The highest BCUT2D eigenvalue weighted by Crippen LogP contribution is 2.18. The maximum atomic E-state index is 11.7. The van der Waals surface area contributed by atoms with Gasteiger partial charge in [0.2, 0.25) is 0 Å². The molecule has 3 N–H and O–H groups in total. The van der Waals surface area contributed by atoms with Crippen molar-refractivity contribution in [2.45, 2.75) is 23.6 Å². The van der Waals surface area contributed by atoms with E-state index in [1.165, 1.54) is 0 Å². The summed E-state index contributed by atoms with van der Waals surface area (Å²) in [4.78, 5) is 24.9. The van der Waals surface area contributed by atoms with Gasteiger partial charge in [-0.3, -0.25) is 9.59 Å². The minimum atomic E-state index is -4.07. The molecule has 0 aromatic carbocycles. The standard InChI is InChI=1S/C8H10N2O6S2/c1-4-9-3-7(17-4)18(15,16)10-5(8(13)14)2-6(11)12/h3,5,10H,2H2,1H3,(H,11,12)(H,13,14)/t5-/m1/s1. The van der Waals surface area contributed by atoms with Gasteiger partial charge in [-0.25, -0.2) is 13.4 Å². The highest BCUT2D eigenvalue weighted by atomic mass is 32.2. The Kier molecular flexibility index (Phi) is 4.38. The van der Waals surface area contributed by atoms with Gasteiger partial charge >= 0.3 is 11.9 Å². The number of hydrogen-bond donors (Lipinski definition) is 3. The normalized spacial score (nSPS) is 13.2. The van der Waals surface area contributed by atoms with Gasteiger partial charge in [0.15, 0.2) is 4.21 Å². The summed E-state index contributed by atoms with van der Waals surface area (Å²) >= 11 is 0.865. The van der Waals surface area contributed by atoms with Gasteiger partial charge in [-0.15, -0.1) is 11.3 Å². The minimum absolute atomic E-state index is 0.156. The average Bonchev–Trinajstić information content (AvgIpc) is 2.63. The van der Waals surface area contributed by atoms with Gasteiger partial charge in [0, 0.05) is 0 Å². The van der Waals surface area contributed by atoms with Crippen LogP contribution in [0.4, 0.5) is 0 Å². The molecule has 0 unspecified atom stereocenters. The molecule has 0 saturated heterocycles. The van der Waals surface area contributed by atoms with Crippen LogP contribution in [-0.2, 0) is 19.6 Å². The molecule has 1 atom stereocenters. The Bertz CT molecular complexity index is 564. The van der Waals surface area contributed by atoms with E-state index in [1.807, 2.05) is 4.72 Å². The number of aryl methyl sites for hydroxylation is 1. The van der Waals surface area contributed by atoms with E-state index >= 15 is 0 Å². The van der Waals surface area contributed by atoms with Crippen molar-refractivity contribution in [3.05, 3.63) is 11.2 Å². The first-order valence-electron chi connectivity index (χ1n) is 4.61. The largest absolute Gasteiger partial charge is 0.481 e. The molecule has 18 heavy (non-hydrogen) atoms. The zero-order valence-corrected chi connectivity index (χ0v) is 10.8. The zero-order chi connectivity index (χ0) is 13.9. The predicted octanol–water partition coefficient (Wildman–Crippen LogP) is -0.342. The molecule has 0 spiro atoms. The van der Waals surface area contributed by atoms with Gasteiger partial charge < -0.3 is 10.2 Å². The van der Waals surface area contributed by atoms with E-state index in [0.717, 1.165) is 17.5 Å².